The monoisotopic (exact) mass is 478 g/mol. The Balaban J connectivity index is 1.63. The van der Waals surface area contributed by atoms with Gasteiger partial charge in [-0.2, -0.15) is 0 Å². The molecule has 8 heteroatoms. The zero-order chi connectivity index (χ0) is 22.9. The van der Waals surface area contributed by atoms with Crippen molar-refractivity contribution in [3.63, 3.8) is 0 Å². The number of halogens is 1. The van der Waals surface area contributed by atoms with E-state index in [1.54, 1.807) is 29.9 Å². The van der Waals surface area contributed by atoms with Crippen LogP contribution in [0.3, 0.4) is 0 Å². The average molecular weight is 479 g/mol. The summed E-state index contributed by atoms with van der Waals surface area (Å²) in [7, 11) is 1.59. The van der Waals surface area contributed by atoms with Crippen LogP contribution in [-0.2, 0) is 17.0 Å². The molecule has 0 radical (unpaired) electrons. The largest absolute Gasteiger partial charge is 0.423 e. The molecule has 0 N–H and O–H groups in total. The van der Waals surface area contributed by atoms with E-state index in [0.717, 1.165) is 21.7 Å². The molecule has 0 aliphatic rings. The van der Waals surface area contributed by atoms with Crippen LogP contribution >= 0.6 is 23.4 Å². The van der Waals surface area contributed by atoms with E-state index in [1.807, 2.05) is 36.4 Å². The number of methoxy groups -OCH3 is 1. The molecule has 6 nitrogen and oxygen atoms in total. The van der Waals surface area contributed by atoms with Gasteiger partial charge in [-0.25, -0.2) is 9.78 Å². The fourth-order valence-corrected chi connectivity index (χ4v) is 5.11. The lowest BCUT2D eigenvalue weighted by atomic mass is 10.0. The molecule has 2 heterocycles. The number of thioether (sulfide) groups is 1. The highest BCUT2D eigenvalue weighted by Gasteiger charge is 2.15. The minimum absolute atomic E-state index is 0.154. The lowest BCUT2D eigenvalue weighted by Gasteiger charge is -2.14. The van der Waals surface area contributed by atoms with E-state index in [9.17, 15) is 9.59 Å². The molecule has 166 valence electrons. The first-order valence-corrected chi connectivity index (χ1v) is 11.7. The molecule has 0 aliphatic heterocycles. The highest BCUT2D eigenvalue weighted by Crippen LogP contribution is 2.31. The molecule has 2 aromatic heterocycles. The van der Waals surface area contributed by atoms with Gasteiger partial charge in [-0.05, 0) is 40.6 Å². The van der Waals surface area contributed by atoms with Crippen molar-refractivity contribution in [2.45, 2.75) is 17.5 Å². The minimum Gasteiger partial charge on any atom is -0.423 e. The SMILES string of the molecule is COCCn1c(SCc2cc(=O)oc3ccc4ccccc4c23)nc2cc(Cl)ccc2c1=O. The van der Waals surface area contributed by atoms with Crippen LogP contribution in [0.1, 0.15) is 5.56 Å². The van der Waals surface area contributed by atoms with Crippen molar-refractivity contribution in [2.24, 2.45) is 0 Å². The van der Waals surface area contributed by atoms with E-state index >= 15 is 0 Å². The summed E-state index contributed by atoms with van der Waals surface area (Å²) >= 11 is 7.53. The summed E-state index contributed by atoms with van der Waals surface area (Å²) in [6.45, 7) is 0.737. The Hall–Kier alpha value is -3.13. The van der Waals surface area contributed by atoms with Crippen LogP contribution in [0.4, 0.5) is 0 Å². The summed E-state index contributed by atoms with van der Waals surface area (Å²) in [5, 5.41) is 4.49. The van der Waals surface area contributed by atoms with E-state index in [2.05, 4.69) is 0 Å². The Kier molecular flexibility index (Phi) is 5.93. The van der Waals surface area contributed by atoms with Crippen molar-refractivity contribution in [1.29, 1.82) is 0 Å². The van der Waals surface area contributed by atoms with E-state index in [0.29, 0.717) is 45.6 Å². The number of nitrogens with zero attached hydrogens (tertiary/aromatic N) is 2. The van der Waals surface area contributed by atoms with Gasteiger partial charge in [-0.3, -0.25) is 9.36 Å². The fourth-order valence-electron chi connectivity index (χ4n) is 3.94. The Morgan fingerprint density at radius 1 is 1.06 bits per heavy atom. The van der Waals surface area contributed by atoms with Crippen LogP contribution in [0.5, 0.6) is 0 Å². The number of aromatic nitrogens is 2. The summed E-state index contributed by atoms with van der Waals surface area (Å²) in [5.41, 5.74) is 1.32. The maximum Gasteiger partial charge on any atom is 0.336 e. The van der Waals surface area contributed by atoms with Crippen molar-refractivity contribution in [3.8, 4) is 0 Å². The minimum atomic E-state index is -0.414. The molecule has 33 heavy (non-hydrogen) atoms. The van der Waals surface area contributed by atoms with Gasteiger partial charge in [0.05, 0.1) is 24.1 Å². The molecule has 0 amide bonds. The van der Waals surface area contributed by atoms with Crippen molar-refractivity contribution in [1.82, 2.24) is 9.55 Å². The van der Waals surface area contributed by atoms with Crippen LogP contribution in [0, 0.1) is 0 Å². The molecule has 0 atom stereocenters. The van der Waals surface area contributed by atoms with Crippen LogP contribution in [-0.4, -0.2) is 23.3 Å². The van der Waals surface area contributed by atoms with Gasteiger partial charge in [0.2, 0.25) is 0 Å². The standard InChI is InChI=1S/C25H19ClN2O4S/c1-31-11-10-28-24(30)19-8-7-17(26)13-20(19)27-25(28)33-14-16-12-22(29)32-21-9-6-15-4-2-3-5-18(15)23(16)21/h2-9,12-13H,10-11,14H2,1H3. The van der Waals surface area contributed by atoms with Crippen molar-refractivity contribution in [2.75, 3.05) is 13.7 Å². The van der Waals surface area contributed by atoms with Crippen molar-refractivity contribution < 1.29 is 9.15 Å². The van der Waals surface area contributed by atoms with E-state index in [-0.39, 0.29) is 5.56 Å². The van der Waals surface area contributed by atoms with E-state index in [1.165, 1.54) is 17.8 Å². The van der Waals surface area contributed by atoms with Crippen LogP contribution in [0.2, 0.25) is 5.02 Å². The average Bonchev–Trinajstić information content (AvgIpc) is 2.81. The van der Waals surface area contributed by atoms with Gasteiger partial charge in [0.1, 0.15) is 5.58 Å². The number of ether oxygens (including phenoxy) is 1. The van der Waals surface area contributed by atoms with Gasteiger partial charge in [0, 0.05) is 29.3 Å². The van der Waals surface area contributed by atoms with Gasteiger partial charge >= 0.3 is 5.63 Å². The molecule has 5 rings (SSSR count). The molecule has 0 aliphatic carbocycles. The molecule has 5 aromatic rings. The molecular weight excluding hydrogens is 460 g/mol. The van der Waals surface area contributed by atoms with Crippen LogP contribution < -0.4 is 11.2 Å². The highest BCUT2D eigenvalue weighted by atomic mass is 35.5. The molecule has 3 aromatic carbocycles. The molecule has 0 spiro atoms. The van der Waals surface area contributed by atoms with Crippen molar-refractivity contribution >= 4 is 56.0 Å². The number of hydrogen-bond acceptors (Lipinski definition) is 6. The summed E-state index contributed by atoms with van der Waals surface area (Å²) < 4.78 is 12.3. The lowest BCUT2D eigenvalue weighted by Crippen LogP contribution is -2.25. The third-order valence-corrected chi connectivity index (χ3v) is 6.73. The van der Waals surface area contributed by atoms with Gasteiger partial charge < -0.3 is 9.15 Å². The normalized spacial score (nSPS) is 11.6. The van der Waals surface area contributed by atoms with E-state index < -0.39 is 5.63 Å². The number of fused-ring (bicyclic) bond motifs is 4. The number of benzene rings is 3. The van der Waals surface area contributed by atoms with Gasteiger partial charge in [-0.15, -0.1) is 0 Å². The maximum atomic E-state index is 13.2. The zero-order valence-electron chi connectivity index (χ0n) is 17.7. The first kappa shape index (κ1) is 21.7. The second-order valence-electron chi connectivity index (χ2n) is 7.54. The number of rotatable bonds is 6. The zero-order valence-corrected chi connectivity index (χ0v) is 19.3. The predicted molar refractivity (Wildman–Crippen MR) is 132 cm³/mol. The first-order chi connectivity index (χ1) is 16.0. The third-order valence-electron chi connectivity index (χ3n) is 5.47. The fraction of sp³-hybridized carbons (Fsp3) is 0.160. The summed E-state index contributed by atoms with van der Waals surface area (Å²) in [6, 6.07) is 18.3. The smallest absolute Gasteiger partial charge is 0.336 e. The Morgan fingerprint density at radius 2 is 1.91 bits per heavy atom. The molecule has 0 saturated heterocycles. The summed E-state index contributed by atoms with van der Waals surface area (Å²) in [4.78, 5) is 30.1. The molecule has 0 fully saturated rings. The van der Waals surface area contributed by atoms with Gasteiger partial charge in [-0.1, -0.05) is 53.7 Å². The third kappa shape index (κ3) is 4.15. The Bertz CT molecular complexity index is 1630. The predicted octanol–water partition coefficient (Wildman–Crippen LogP) is 5.25. The van der Waals surface area contributed by atoms with Gasteiger partial charge in [0.15, 0.2) is 5.16 Å². The molecular formula is C25H19ClN2O4S. The summed E-state index contributed by atoms with van der Waals surface area (Å²) in [5.74, 6) is 0.432. The van der Waals surface area contributed by atoms with E-state index in [4.69, 9.17) is 25.7 Å². The quantitative estimate of drug-likeness (QED) is 0.144. The Morgan fingerprint density at radius 3 is 2.76 bits per heavy atom. The maximum absolute atomic E-state index is 13.2. The van der Waals surface area contributed by atoms with Crippen LogP contribution in [0.25, 0.3) is 32.6 Å². The van der Waals surface area contributed by atoms with Gasteiger partial charge in [0.25, 0.3) is 5.56 Å². The van der Waals surface area contributed by atoms with Crippen molar-refractivity contribution in [3.05, 3.63) is 92.0 Å². The number of hydrogen-bond donors (Lipinski definition) is 0. The molecule has 0 bridgehead atoms. The highest BCUT2D eigenvalue weighted by molar-refractivity contribution is 7.98. The second-order valence-corrected chi connectivity index (χ2v) is 8.92. The lowest BCUT2D eigenvalue weighted by molar-refractivity contribution is 0.183. The summed E-state index contributed by atoms with van der Waals surface area (Å²) in [6.07, 6.45) is 0. The first-order valence-electron chi connectivity index (χ1n) is 10.3. The topological polar surface area (TPSA) is 74.3 Å². The Labute approximate surface area is 197 Å². The molecule has 0 saturated carbocycles. The second kappa shape index (κ2) is 9.02. The van der Waals surface area contributed by atoms with Crippen LogP contribution in [0.15, 0.2) is 79.8 Å². The molecule has 0 unspecified atom stereocenters.